The zero-order chi connectivity index (χ0) is 12.0. The lowest BCUT2D eigenvalue weighted by molar-refractivity contribution is -0.0241. The molecule has 2 amide bonds. The quantitative estimate of drug-likeness (QED) is 0.599. The molecule has 5 nitrogen and oxygen atoms in total. The maximum atomic E-state index is 10.5. The monoisotopic (exact) mass is 229 g/mol. The number of hydrogen-bond donors (Lipinski definition) is 3. The van der Waals surface area contributed by atoms with Gasteiger partial charge in [0.1, 0.15) is 0 Å². The molecule has 1 aliphatic heterocycles. The molecule has 1 heterocycles. The minimum Gasteiger partial charge on any atom is -0.378 e. The van der Waals surface area contributed by atoms with Gasteiger partial charge in [-0.05, 0) is 18.8 Å². The number of nitrogens with two attached hydrogens (primary N) is 1. The van der Waals surface area contributed by atoms with Crippen molar-refractivity contribution in [2.75, 3.05) is 19.7 Å². The Balaban J connectivity index is 2.14. The van der Waals surface area contributed by atoms with Crippen LogP contribution in [-0.4, -0.2) is 37.9 Å². The van der Waals surface area contributed by atoms with Crippen LogP contribution in [0.2, 0.25) is 0 Å². The Morgan fingerprint density at radius 3 is 2.88 bits per heavy atom. The van der Waals surface area contributed by atoms with Gasteiger partial charge in [-0.2, -0.15) is 0 Å². The minimum atomic E-state index is -0.464. The van der Waals surface area contributed by atoms with Gasteiger partial charge in [-0.25, -0.2) is 4.79 Å². The van der Waals surface area contributed by atoms with Crippen LogP contribution in [0.4, 0.5) is 4.79 Å². The van der Waals surface area contributed by atoms with Crippen molar-refractivity contribution in [2.24, 2.45) is 11.7 Å². The molecule has 1 rings (SSSR count). The molecule has 0 aromatic carbocycles. The number of primary amides is 1. The molecule has 94 valence electrons. The number of rotatable bonds is 5. The second-order valence-electron chi connectivity index (χ2n) is 4.62. The minimum absolute atomic E-state index is 0.357. The van der Waals surface area contributed by atoms with Gasteiger partial charge in [0, 0.05) is 25.7 Å². The molecule has 1 aliphatic rings. The van der Waals surface area contributed by atoms with Crippen molar-refractivity contribution in [3.8, 4) is 0 Å². The normalized spacial score (nSPS) is 25.7. The number of nitrogens with one attached hydrogen (secondary N) is 2. The smallest absolute Gasteiger partial charge is 0.312 e. The van der Waals surface area contributed by atoms with E-state index in [-0.39, 0.29) is 0 Å². The summed E-state index contributed by atoms with van der Waals surface area (Å²) in [5.41, 5.74) is 4.98. The predicted octanol–water partition coefficient (Wildman–Crippen LogP) is 0.448. The molecule has 1 saturated heterocycles. The standard InChI is InChI=1S/C11H23N3O2/c1-8(2)10-7-9(3-6-16-10)13-4-5-14-11(12)15/h8-10,13H,3-7H2,1-2H3,(H3,12,14,15). The lowest BCUT2D eigenvalue weighted by Crippen LogP contribution is -2.44. The van der Waals surface area contributed by atoms with E-state index in [0.29, 0.717) is 24.6 Å². The van der Waals surface area contributed by atoms with Gasteiger partial charge in [-0.1, -0.05) is 13.8 Å². The number of carbonyl (C=O) groups is 1. The fourth-order valence-electron chi connectivity index (χ4n) is 1.94. The van der Waals surface area contributed by atoms with Crippen molar-refractivity contribution in [2.45, 2.75) is 38.8 Å². The van der Waals surface area contributed by atoms with Crippen LogP contribution in [0.5, 0.6) is 0 Å². The zero-order valence-electron chi connectivity index (χ0n) is 10.2. The van der Waals surface area contributed by atoms with E-state index < -0.39 is 6.03 Å². The molecule has 2 unspecified atom stereocenters. The molecule has 16 heavy (non-hydrogen) atoms. The van der Waals surface area contributed by atoms with Crippen molar-refractivity contribution < 1.29 is 9.53 Å². The van der Waals surface area contributed by atoms with Crippen LogP contribution in [-0.2, 0) is 4.74 Å². The Bertz CT molecular complexity index is 221. The summed E-state index contributed by atoms with van der Waals surface area (Å²) in [5, 5.41) is 5.98. The zero-order valence-corrected chi connectivity index (χ0v) is 10.2. The van der Waals surface area contributed by atoms with Gasteiger partial charge in [0.2, 0.25) is 0 Å². The molecule has 0 radical (unpaired) electrons. The van der Waals surface area contributed by atoms with E-state index in [1.165, 1.54) is 0 Å². The largest absolute Gasteiger partial charge is 0.378 e. The highest BCUT2D eigenvalue weighted by molar-refractivity contribution is 5.71. The Morgan fingerprint density at radius 1 is 1.50 bits per heavy atom. The number of hydrogen-bond acceptors (Lipinski definition) is 3. The van der Waals surface area contributed by atoms with E-state index in [2.05, 4.69) is 24.5 Å². The summed E-state index contributed by atoms with van der Waals surface area (Å²) in [6, 6.07) is 0.0321. The third-order valence-corrected chi connectivity index (χ3v) is 2.92. The molecule has 4 N–H and O–H groups in total. The maximum Gasteiger partial charge on any atom is 0.312 e. The lowest BCUT2D eigenvalue weighted by Gasteiger charge is -2.32. The number of amides is 2. The molecule has 0 aromatic heterocycles. The van der Waals surface area contributed by atoms with Gasteiger partial charge < -0.3 is 21.1 Å². The van der Waals surface area contributed by atoms with Crippen molar-refractivity contribution in [1.29, 1.82) is 0 Å². The Kier molecular flexibility index (Phi) is 5.55. The van der Waals surface area contributed by atoms with E-state index in [1.807, 2.05) is 0 Å². The van der Waals surface area contributed by atoms with E-state index >= 15 is 0 Å². The van der Waals surface area contributed by atoms with Gasteiger partial charge in [0.25, 0.3) is 0 Å². The first kappa shape index (κ1) is 13.3. The average molecular weight is 229 g/mol. The summed E-state index contributed by atoms with van der Waals surface area (Å²) in [4.78, 5) is 10.5. The molecule has 0 aliphatic carbocycles. The van der Waals surface area contributed by atoms with Crippen LogP contribution in [0.1, 0.15) is 26.7 Å². The predicted molar refractivity (Wildman–Crippen MR) is 63.2 cm³/mol. The van der Waals surface area contributed by atoms with E-state index in [1.54, 1.807) is 0 Å². The highest BCUT2D eigenvalue weighted by Gasteiger charge is 2.24. The van der Waals surface area contributed by atoms with Crippen LogP contribution in [0, 0.1) is 5.92 Å². The van der Waals surface area contributed by atoms with Gasteiger partial charge in [0.15, 0.2) is 0 Å². The van der Waals surface area contributed by atoms with E-state index in [4.69, 9.17) is 10.5 Å². The summed E-state index contributed by atoms with van der Waals surface area (Å²) in [6.45, 7) is 6.53. The van der Waals surface area contributed by atoms with Gasteiger partial charge in [-0.3, -0.25) is 0 Å². The van der Waals surface area contributed by atoms with Crippen LogP contribution < -0.4 is 16.4 Å². The van der Waals surface area contributed by atoms with Crippen molar-refractivity contribution >= 4 is 6.03 Å². The summed E-state index contributed by atoms with van der Waals surface area (Å²) < 4.78 is 5.68. The van der Waals surface area contributed by atoms with Gasteiger partial charge >= 0.3 is 6.03 Å². The third-order valence-electron chi connectivity index (χ3n) is 2.92. The number of urea groups is 1. The SMILES string of the molecule is CC(C)C1CC(NCCNC(N)=O)CCO1. The highest BCUT2D eigenvalue weighted by Crippen LogP contribution is 2.19. The highest BCUT2D eigenvalue weighted by atomic mass is 16.5. The van der Waals surface area contributed by atoms with Crippen LogP contribution >= 0.6 is 0 Å². The maximum absolute atomic E-state index is 10.5. The molecule has 2 atom stereocenters. The molecule has 1 fully saturated rings. The third kappa shape index (κ3) is 4.81. The summed E-state index contributed by atoms with van der Waals surface area (Å²) >= 11 is 0. The Hall–Kier alpha value is -0.810. The van der Waals surface area contributed by atoms with E-state index in [9.17, 15) is 4.79 Å². The Morgan fingerprint density at radius 2 is 2.25 bits per heavy atom. The Labute approximate surface area is 97.1 Å². The van der Waals surface area contributed by atoms with Gasteiger partial charge in [0.05, 0.1) is 6.10 Å². The topological polar surface area (TPSA) is 76.4 Å². The molecule has 0 bridgehead atoms. The molecule has 5 heteroatoms. The first-order valence-electron chi connectivity index (χ1n) is 5.98. The van der Waals surface area contributed by atoms with Crippen molar-refractivity contribution in [3.63, 3.8) is 0 Å². The lowest BCUT2D eigenvalue weighted by atomic mass is 9.95. The van der Waals surface area contributed by atoms with Gasteiger partial charge in [-0.15, -0.1) is 0 Å². The fraction of sp³-hybridized carbons (Fsp3) is 0.909. The number of ether oxygens (including phenoxy) is 1. The molecular formula is C11H23N3O2. The average Bonchev–Trinajstić information content (AvgIpc) is 2.24. The van der Waals surface area contributed by atoms with Crippen molar-refractivity contribution in [1.82, 2.24) is 10.6 Å². The molecule has 0 saturated carbocycles. The van der Waals surface area contributed by atoms with Crippen molar-refractivity contribution in [3.05, 3.63) is 0 Å². The van der Waals surface area contributed by atoms with E-state index in [0.717, 1.165) is 26.0 Å². The molecule has 0 spiro atoms. The second-order valence-corrected chi connectivity index (χ2v) is 4.62. The fourth-order valence-corrected chi connectivity index (χ4v) is 1.94. The molecular weight excluding hydrogens is 206 g/mol. The number of carbonyl (C=O) groups excluding carboxylic acids is 1. The second kappa shape index (κ2) is 6.70. The molecule has 0 aromatic rings. The summed E-state index contributed by atoms with van der Waals surface area (Å²) in [6.07, 6.45) is 2.45. The summed E-state index contributed by atoms with van der Waals surface area (Å²) in [7, 11) is 0. The van der Waals surface area contributed by atoms with Crippen LogP contribution in [0.25, 0.3) is 0 Å². The van der Waals surface area contributed by atoms with Crippen LogP contribution in [0.3, 0.4) is 0 Å². The van der Waals surface area contributed by atoms with Crippen LogP contribution in [0.15, 0.2) is 0 Å². The summed E-state index contributed by atoms with van der Waals surface area (Å²) in [5.74, 6) is 0.563. The first-order chi connectivity index (χ1) is 7.59. The first-order valence-corrected chi connectivity index (χ1v) is 5.98.